The summed E-state index contributed by atoms with van der Waals surface area (Å²) in [6.45, 7) is 0. The average Bonchev–Trinajstić information content (AvgIpc) is 2.85. The molecule has 1 aromatic heterocycles. The van der Waals surface area contributed by atoms with Crippen molar-refractivity contribution in [2.45, 2.75) is 0 Å². The van der Waals surface area contributed by atoms with E-state index in [4.69, 9.17) is 4.98 Å². The van der Waals surface area contributed by atoms with E-state index in [0.29, 0.717) is 11.6 Å². The fraction of sp³-hybridized carbons (Fsp3) is 0. The fourth-order valence-electron chi connectivity index (χ4n) is 3.49. The second-order valence-corrected chi connectivity index (χ2v) is 7.02. The van der Waals surface area contributed by atoms with Gasteiger partial charge in [-0.15, -0.1) is 0 Å². The molecule has 30 heavy (non-hydrogen) atoms. The van der Waals surface area contributed by atoms with Crippen LogP contribution in [0, 0.1) is 0 Å². The minimum atomic E-state index is 0.671. The Balaban J connectivity index is 1.46. The van der Waals surface area contributed by atoms with Gasteiger partial charge in [-0.2, -0.15) is 0 Å². The molecule has 0 bridgehead atoms. The number of benzene rings is 4. The molecule has 3 heteroatoms. The zero-order valence-corrected chi connectivity index (χ0v) is 16.3. The molecule has 0 saturated heterocycles. The lowest BCUT2D eigenvalue weighted by Crippen LogP contribution is -1.95. The van der Waals surface area contributed by atoms with Gasteiger partial charge in [0.2, 0.25) is 0 Å². The minimum absolute atomic E-state index is 0.671. The van der Waals surface area contributed by atoms with Crippen LogP contribution in [-0.2, 0) is 0 Å². The third-order valence-corrected chi connectivity index (χ3v) is 5.05. The predicted molar refractivity (Wildman–Crippen MR) is 122 cm³/mol. The van der Waals surface area contributed by atoms with Crippen molar-refractivity contribution < 1.29 is 0 Å². The van der Waals surface area contributed by atoms with Crippen LogP contribution in [0.2, 0.25) is 0 Å². The van der Waals surface area contributed by atoms with Crippen molar-refractivity contribution in [3.63, 3.8) is 0 Å². The highest BCUT2D eigenvalue weighted by Crippen LogP contribution is 2.26. The van der Waals surface area contributed by atoms with Crippen molar-refractivity contribution >= 4 is 0 Å². The van der Waals surface area contributed by atoms with Crippen LogP contribution >= 0.6 is 0 Å². The standard InChI is InChI=1S/C27H19N3/c1-3-8-20(9-4-1)22-14-16-23(17-15-22)26-28-19-29-27(30-26)25-13-7-12-24(18-25)21-10-5-2-6-11-21/h1-19H. The van der Waals surface area contributed by atoms with E-state index in [2.05, 4.69) is 70.6 Å². The zero-order valence-electron chi connectivity index (χ0n) is 16.3. The molecule has 3 nitrogen and oxygen atoms in total. The SMILES string of the molecule is c1ccc(-c2ccc(-c3ncnc(-c4cccc(-c5ccccc5)c4)n3)cc2)cc1. The Morgan fingerprint density at radius 3 is 1.50 bits per heavy atom. The van der Waals surface area contributed by atoms with Gasteiger partial charge in [-0.25, -0.2) is 15.0 Å². The van der Waals surface area contributed by atoms with E-state index in [1.54, 1.807) is 6.33 Å². The molecule has 0 aliphatic rings. The van der Waals surface area contributed by atoms with Gasteiger partial charge in [0, 0.05) is 11.1 Å². The second kappa shape index (κ2) is 8.10. The molecule has 0 aliphatic carbocycles. The van der Waals surface area contributed by atoms with Crippen LogP contribution in [0.25, 0.3) is 45.0 Å². The van der Waals surface area contributed by atoms with Gasteiger partial charge in [0.25, 0.3) is 0 Å². The maximum atomic E-state index is 4.73. The Morgan fingerprint density at radius 1 is 0.367 bits per heavy atom. The largest absolute Gasteiger partial charge is 0.217 e. The fourth-order valence-corrected chi connectivity index (χ4v) is 3.49. The van der Waals surface area contributed by atoms with Crippen LogP contribution in [0.1, 0.15) is 0 Å². The van der Waals surface area contributed by atoms with E-state index >= 15 is 0 Å². The molecule has 0 atom stereocenters. The van der Waals surface area contributed by atoms with E-state index in [1.807, 2.05) is 48.5 Å². The summed E-state index contributed by atoms with van der Waals surface area (Å²) in [6.07, 6.45) is 1.58. The summed E-state index contributed by atoms with van der Waals surface area (Å²) in [4.78, 5) is 13.5. The van der Waals surface area contributed by atoms with Gasteiger partial charge in [-0.3, -0.25) is 0 Å². The van der Waals surface area contributed by atoms with Crippen LogP contribution in [0.5, 0.6) is 0 Å². The summed E-state index contributed by atoms with van der Waals surface area (Å²) in [5, 5.41) is 0. The molecule has 5 aromatic rings. The van der Waals surface area contributed by atoms with Crippen molar-refractivity contribution in [3.8, 4) is 45.0 Å². The smallest absolute Gasteiger partial charge is 0.163 e. The summed E-state index contributed by atoms with van der Waals surface area (Å²) >= 11 is 0. The summed E-state index contributed by atoms with van der Waals surface area (Å²) in [7, 11) is 0. The van der Waals surface area contributed by atoms with Gasteiger partial charge in [0.05, 0.1) is 0 Å². The molecule has 0 spiro atoms. The first-order chi connectivity index (χ1) is 14.9. The van der Waals surface area contributed by atoms with Crippen molar-refractivity contribution in [2.75, 3.05) is 0 Å². The monoisotopic (exact) mass is 385 g/mol. The maximum Gasteiger partial charge on any atom is 0.163 e. The number of nitrogens with zero attached hydrogens (tertiary/aromatic N) is 3. The summed E-state index contributed by atoms with van der Waals surface area (Å²) in [6, 6.07) is 37.3. The number of aromatic nitrogens is 3. The first-order valence-electron chi connectivity index (χ1n) is 9.87. The first-order valence-corrected chi connectivity index (χ1v) is 9.87. The second-order valence-electron chi connectivity index (χ2n) is 7.02. The van der Waals surface area contributed by atoms with Crippen molar-refractivity contribution in [3.05, 3.63) is 116 Å². The van der Waals surface area contributed by atoms with Crippen molar-refractivity contribution in [1.29, 1.82) is 0 Å². The highest BCUT2D eigenvalue weighted by molar-refractivity contribution is 5.71. The van der Waals surface area contributed by atoms with Crippen LogP contribution in [0.4, 0.5) is 0 Å². The van der Waals surface area contributed by atoms with Crippen LogP contribution in [-0.4, -0.2) is 15.0 Å². The molecule has 4 aromatic carbocycles. The van der Waals surface area contributed by atoms with Gasteiger partial charge in [0.15, 0.2) is 11.6 Å². The number of rotatable bonds is 4. The summed E-state index contributed by atoms with van der Waals surface area (Å²) in [5.74, 6) is 1.34. The molecule has 0 N–H and O–H groups in total. The molecule has 0 unspecified atom stereocenters. The van der Waals surface area contributed by atoms with E-state index < -0.39 is 0 Å². The Labute approximate surface area is 175 Å². The molecule has 5 rings (SSSR count). The molecular weight excluding hydrogens is 366 g/mol. The average molecular weight is 385 g/mol. The van der Waals surface area contributed by atoms with Gasteiger partial charge in [0.1, 0.15) is 6.33 Å². The van der Waals surface area contributed by atoms with E-state index in [-0.39, 0.29) is 0 Å². The van der Waals surface area contributed by atoms with Crippen LogP contribution in [0.3, 0.4) is 0 Å². The minimum Gasteiger partial charge on any atom is -0.217 e. The molecule has 0 radical (unpaired) electrons. The lowest BCUT2D eigenvalue weighted by Gasteiger charge is -2.07. The highest BCUT2D eigenvalue weighted by Gasteiger charge is 2.08. The topological polar surface area (TPSA) is 38.7 Å². The molecule has 142 valence electrons. The van der Waals surface area contributed by atoms with Crippen molar-refractivity contribution in [2.24, 2.45) is 0 Å². The first kappa shape index (κ1) is 18.0. The Hall–Kier alpha value is -4.11. The molecular formula is C27H19N3. The van der Waals surface area contributed by atoms with Crippen LogP contribution in [0.15, 0.2) is 116 Å². The summed E-state index contributed by atoms with van der Waals surface area (Å²) < 4.78 is 0. The Morgan fingerprint density at radius 2 is 0.833 bits per heavy atom. The molecule has 0 fully saturated rings. The maximum absolute atomic E-state index is 4.73. The van der Waals surface area contributed by atoms with Gasteiger partial charge >= 0.3 is 0 Å². The molecule has 0 amide bonds. The quantitative estimate of drug-likeness (QED) is 0.352. The molecule has 0 saturated carbocycles. The van der Waals surface area contributed by atoms with Crippen molar-refractivity contribution in [1.82, 2.24) is 15.0 Å². The van der Waals surface area contributed by atoms with Gasteiger partial charge in [-0.1, -0.05) is 103 Å². The van der Waals surface area contributed by atoms with Crippen LogP contribution < -0.4 is 0 Å². The molecule has 0 aliphatic heterocycles. The van der Waals surface area contributed by atoms with E-state index in [0.717, 1.165) is 16.7 Å². The highest BCUT2D eigenvalue weighted by atomic mass is 15.0. The van der Waals surface area contributed by atoms with Gasteiger partial charge < -0.3 is 0 Å². The summed E-state index contributed by atoms with van der Waals surface area (Å²) in [5.41, 5.74) is 6.62. The third-order valence-electron chi connectivity index (χ3n) is 5.05. The van der Waals surface area contributed by atoms with E-state index in [1.165, 1.54) is 16.7 Å². The number of hydrogen-bond donors (Lipinski definition) is 0. The van der Waals surface area contributed by atoms with E-state index in [9.17, 15) is 0 Å². The molecule has 1 heterocycles. The lowest BCUT2D eigenvalue weighted by molar-refractivity contribution is 1.07. The predicted octanol–water partition coefficient (Wildman–Crippen LogP) is 6.54. The Bertz CT molecular complexity index is 1260. The Kier molecular flexibility index (Phi) is 4.84. The third kappa shape index (κ3) is 3.74. The zero-order chi connectivity index (χ0) is 20.2. The normalized spacial score (nSPS) is 10.7. The number of hydrogen-bond acceptors (Lipinski definition) is 3. The van der Waals surface area contributed by atoms with Gasteiger partial charge in [-0.05, 0) is 28.3 Å². The lowest BCUT2D eigenvalue weighted by atomic mass is 10.0.